The highest BCUT2D eigenvalue weighted by Crippen LogP contribution is 2.33. The second-order valence-electron chi connectivity index (χ2n) is 4.04. The lowest BCUT2D eigenvalue weighted by molar-refractivity contribution is -0.138. The normalized spacial score (nSPS) is 10.2. The Bertz CT molecular complexity index is 576. The second-order valence-corrected chi connectivity index (χ2v) is 5.29. The van der Waals surface area contributed by atoms with Gasteiger partial charge in [0.1, 0.15) is 0 Å². The van der Waals surface area contributed by atoms with Crippen LogP contribution < -0.4 is 5.32 Å². The van der Waals surface area contributed by atoms with Gasteiger partial charge in [0.15, 0.2) is 0 Å². The van der Waals surface area contributed by atoms with E-state index in [9.17, 15) is 9.59 Å². The van der Waals surface area contributed by atoms with Crippen LogP contribution in [0.15, 0.2) is 12.1 Å². The summed E-state index contributed by atoms with van der Waals surface area (Å²) in [6.45, 7) is -0.521. The molecule has 0 saturated carbocycles. The molecule has 0 aliphatic rings. The van der Waals surface area contributed by atoms with Crippen LogP contribution in [0.25, 0.3) is 0 Å². The van der Waals surface area contributed by atoms with E-state index in [4.69, 9.17) is 46.3 Å². The average Bonchev–Trinajstić information content (AvgIpc) is 2.33. The zero-order valence-electron chi connectivity index (χ0n) is 10.7. The Balaban J connectivity index is 2.77. The number of hydrogen-bond acceptors (Lipinski definition) is 3. The van der Waals surface area contributed by atoms with Crippen molar-refractivity contribution in [3.63, 3.8) is 0 Å². The van der Waals surface area contributed by atoms with Gasteiger partial charge in [-0.25, -0.2) is 0 Å². The Labute approximate surface area is 136 Å². The number of terminal acetylenes is 1. The molecule has 0 bridgehead atoms. The molecule has 112 valence electrons. The smallest absolute Gasteiger partial charge is 0.317 e. The fourth-order valence-electron chi connectivity index (χ4n) is 1.53. The lowest BCUT2D eigenvalue weighted by Crippen LogP contribution is -2.37. The van der Waals surface area contributed by atoms with Gasteiger partial charge in [0.2, 0.25) is 5.91 Å². The Kier molecular flexibility index (Phi) is 6.79. The summed E-state index contributed by atoms with van der Waals surface area (Å²) in [6.07, 6.45) is 5.13. The molecule has 0 fully saturated rings. The standard InChI is InChI=1S/C13H11Cl3N2O3/c1-2-3-18(7-12(20)21)6-11(19)17-13-9(15)4-8(14)5-10(13)16/h1,4-5H,3,6-7H2,(H,17,19)(H,20,21). The summed E-state index contributed by atoms with van der Waals surface area (Å²) in [5, 5.41) is 11.9. The molecule has 0 saturated heterocycles. The third kappa shape index (κ3) is 5.82. The number of carboxylic acids is 1. The highest BCUT2D eigenvalue weighted by Gasteiger charge is 2.16. The van der Waals surface area contributed by atoms with E-state index >= 15 is 0 Å². The van der Waals surface area contributed by atoms with Crippen molar-refractivity contribution in [1.29, 1.82) is 0 Å². The number of benzene rings is 1. The van der Waals surface area contributed by atoms with Gasteiger partial charge in [-0.15, -0.1) is 6.42 Å². The van der Waals surface area contributed by atoms with Crippen LogP contribution in [0.3, 0.4) is 0 Å². The largest absolute Gasteiger partial charge is 0.480 e. The molecular formula is C13H11Cl3N2O3. The monoisotopic (exact) mass is 348 g/mol. The molecule has 8 heteroatoms. The van der Waals surface area contributed by atoms with Crippen LogP contribution in [0.4, 0.5) is 5.69 Å². The Morgan fingerprint density at radius 3 is 2.29 bits per heavy atom. The first-order valence-corrected chi connectivity index (χ1v) is 6.79. The van der Waals surface area contributed by atoms with Gasteiger partial charge < -0.3 is 10.4 Å². The molecule has 1 amide bonds. The van der Waals surface area contributed by atoms with Crippen molar-refractivity contribution in [2.24, 2.45) is 0 Å². The molecule has 0 spiro atoms. The van der Waals surface area contributed by atoms with Crippen LogP contribution in [-0.4, -0.2) is 41.5 Å². The lowest BCUT2D eigenvalue weighted by Gasteiger charge is -2.17. The van der Waals surface area contributed by atoms with Gasteiger partial charge in [-0.2, -0.15) is 0 Å². The minimum atomic E-state index is -1.08. The minimum absolute atomic E-state index is 0.0296. The molecule has 0 unspecified atom stereocenters. The predicted molar refractivity (Wildman–Crippen MR) is 83.0 cm³/mol. The van der Waals surface area contributed by atoms with E-state index in [-0.39, 0.29) is 35.4 Å². The number of aliphatic carboxylic acids is 1. The fraction of sp³-hybridized carbons (Fsp3) is 0.231. The van der Waals surface area contributed by atoms with Crippen LogP contribution >= 0.6 is 34.8 Å². The summed E-state index contributed by atoms with van der Waals surface area (Å²) < 4.78 is 0. The maximum absolute atomic E-state index is 11.9. The third-order valence-electron chi connectivity index (χ3n) is 2.31. The molecule has 2 N–H and O–H groups in total. The first-order chi connectivity index (χ1) is 9.83. The Hall–Kier alpha value is -1.45. The van der Waals surface area contributed by atoms with E-state index in [1.807, 2.05) is 0 Å². The van der Waals surface area contributed by atoms with Gasteiger partial charge in [-0.05, 0) is 12.1 Å². The van der Waals surface area contributed by atoms with Crippen LogP contribution in [0, 0.1) is 12.3 Å². The molecule has 0 radical (unpaired) electrons. The molecule has 0 aromatic heterocycles. The molecule has 1 aromatic rings. The zero-order valence-corrected chi connectivity index (χ0v) is 13.0. The Morgan fingerprint density at radius 1 is 1.24 bits per heavy atom. The highest BCUT2D eigenvalue weighted by atomic mass is 35.5. The van der Waals surface area contributed by atoms with Crippen LogP contribution in [0.1, 0.15) is 0 Å². The van der Waals surface area contributed by atoms with Crippen molar-refractivity contribution in [2.45, 2.75) is 0 Å². The van der Waals surface area contributed by atoms with Gasteiger partial charge in [0.05, 0.1) is 35.4 Å². The number of nitrogens with zero attached hydrogens (tertiary/aromatic N) is 1. The number of halogens is 3. The van der Waals surface area contributed by atoms with Crippen molar-refractivity contribution in [3.05, 3.63) is 27.2 Å². The summed E-state index contributed by atoms with van der Waals surface area (Å²) in [4.78, 5) is 23.9. The summed E-state index contributed by atoms with van der Waals surface area (Å²) in [6, 6.07) is 2.86. The molecule has 5 nitrogen and oxygen atoms in total. The number of anilines is 1. The first-order valence-electron chi connectivity index (χ1n) is 5.65. The van der Waals surface area contributed by atoms with Crippen molar-refractivity contribution in [1.82, 2.24) is 4.90 Å². The third-order valence-corrected chi connectivity index (χ3v) is 3.13. The van der Waals surface area contributed by atoms with Crippen LogP contribution in [-0.2, 0) is 9.59 Å². The Morgan fingerprint density at radius 2 is 1.81 bits per heavy atom. The summed E-state index contributed by atoms with van der Waals surface area (Å²) >= 11 is 17.6. The lowest BCUT2D eigenvalue weighted by atomic mass is 10.3. The molecule has 0 atom stereocenters. The van der Waals surface area contributed by atoms with Gasteiger partial charge in [-0.1, -0.05) is 40.7 Å². The molecule has 21 heavy (non-hydrogen) atoms. The van der Waals surface area contributed by atoms with E-state index in [1.165, 1.54) is 17.0 Å². The number of carbonyl (C=O) groups is 2. The van der Waals surface area contributed by atoms with Crippen LogP contribution in [0.5, 0.6) is 0 Å². The quantitative estimate of drug-likeness (QED) is 0.775. The highest BCUT2D eigenvalue weighted by molar-refractivity contribution is 6.42. The van der Waals surface area contributed by atoms with Gasteiger partial charge in [0, 0.05) is 5.02 Å². The number of rotatable bonds is 6. The maximum atomic E-state index is 11.9. The molecule has 0 heterocycles. The van der Waals surface area contributed by atoms with Crippen molar-refractivity contribution in [3.8, 4) is 12.3 Å². The minimum Gasteiger partial charge on any atom is -0.480 e. The molecular weight excluding hydrogens is 339 g/mol. The van der Waals surface area contributed by atoms with E-state index in [0.717, 1.165) is 0 Å². The van der Waals surface area contributed by atoms with E-state index < -0.39 is 11.9 Å². The van der Waals surface area contributed by atoms with E-state index in [1.54, 1.807) is 0 Å². The maximum Gasteiger partial charge on any atom is 0.317 e. The van der Waals surface area contributed by atoms with E-state index in [0.29, 0.717) is 5.02 Å². The summed E-state index contributed by atoms with van der Waals surface area (Å²) in [5.74, 6) is 0.715. The van der Waals surface area contributed by atoms with Crippen molar-refractivity contribution < 1.29 is 14.7 Å². The molecule has 1 aromatic carbocycles. The molecule has 0 aliphatic heterocycles. The van der Waals surface area contributed by atoms with Gasteiger partial charge in [0.25, 0.3) is 0 Å². The van der Waals surface area contributed by atoms with Crippen LogP contribution in [0.2, 0.25) is 15.1 Å². The zero-order chi connectivity index (χ0) is 16.0. The van der Waals surface area contributed by atoms with Gasteiger partial charge in [-0.3, -0.25) is 14.5 Å². The number of carboxylic acid groups (broad SMARTS) is 1. The number of hydrogen-bond donors (Lipinski definition) is 2. The topological polar surface area (TPSA) is 69.6 Å². The first kappa shape index (κ1) is 17.6. The second kappa shape index (κ2) is 8.11. The van der Waals surface area contributed by atoms with Gasteiger partial charge >= 0.3 is 5.97 Å². The molecule has 1 rings (SSSR count). The van der Waals surface area contributed by atoms with Crippen molar-refractivity contribution in [2.75, 3.05) is 25.0 Å². The number of nitrogens with one attached hydrogen (secondary N) is 1. The van der Waals surface area contributed by atoms with E-state index in [2.05, 4.69) is 11.2 Å². The fourth-order valence-corrected chi connectivity index (χ4v) is 2.44. The average molecular weight is 350 g/mol. The SMILES string of the molecule is C#CCN(CC(=O)O)CC(=O)Nc1c(Cl)cc(Cl)cc1Cl. The molecule has 0 aliphatic carbocycles. The predicted octanol–water partition coefficient (Wildman–Crippen LogP) is 2.61. The summed E-state index contributed by atoms with van der Waals surface area (Å²) in [7, 11) is 0. The number of amides is 1. The summed E-state index contributed by atoms with van der Waals surface area (Å²) in [5.41, 5.74) is 0.212. The number of carbonyl (C=O) groups excluding carboxylic acids is 1. The van der Waals surface area contributed by atoms with Crippen molar-refractivity contribution >= 4 is 52.4 Å².